The molecule has 1 N–H and O–H groups in total. The number of phenolic OH excluding ortho intramolecular Hbond substituents is 1. The average Bonchev–Trinajstić information content (AvgIpc) is 2.09. The summed E-state index contributed by atoms with van der Waals surface area (Å²) >= 11 is 0. The van der Waals surface area contributed by atoms with Crippen LogP contribution in [0.3, 0.4) is 0 Å². The number of phenols is 1. The Hall–Kier alpha value is -1.69. The van der Waals surface area contributed by atoms with Crippen molar-refractivity contribution in [2.75, 3.05) is 13.2 Å². The van der Waals surface area contributed by atoms with Crippen molar-refractivity contribution in [3.05, 3.63) is 35.7 Å². The molecule has 12 heavy (non-hydrogen) atoms. The van der Waals surface area contributed by atoms with Gasteiger partial charge in [-0.05, 0) is 24.3 Å². The molecule has 0 radical (unpaired) electrons. The lowest BCUT2D eigenvalue weighted by Crippen LogP contribution is -1.98. The van der Waals surface area contributed by atoms with Gasteiger partial charge in [0.25, 0.3) is 0 Å². The van der Waals surface area contributed by atoms with Gasteiger partial charge in [-0.2, -0.15) is 0 Å². The van der Waals surface area contributed by atoms with Gasteiger partial charge in [-0.15, -0.1) is 0 Å². The van der Waals surface area contributed by atoms with Crippen molar-refractivity contribution in [2.24, 2.45) is 0 Å². The van der Waals surface area contributed by atoms with E-state index in [2.05, 4.69) is 4.85 Å². The number of rotatable bonds is 3. The van der Waals surface area contributed by atoms with Crippen molar-refractivity contribution < 1.29 is 9.84 Å². The number of benzene rings is 1. The third-order valence-corrected chi connectivity index (χ3v) is 1.31. The fourth-order valence-corrected chi connectivity index (χ4v) is 0.752. The Kier molecular flexibility index (Phi) is 2.97. The molecule has 1 aromatic rings. The van der Waals surface area contributed by atoms with E-state index >= 15 is 0 Å². The molecule has 0 atom stereocenters. The molecule has 0 saturated heterocycles. The molecule has 0 aliphatic rings. The number of ether oxygens (including phenoxy) is 1. The fraction of sp³-hybridized carbons (Fsp3) is 0.222. The predicted molar refractivity (Wildman–Crippen MR) is 45.1 cm³/mol. The molecule has 3 heteroatoms. The summed E-state index contributed by atoms with van der Waals surface area (Å²) in [5.41, 5.74) is 0. The normalized spacial score (nSPS) is 8.92. The maximum Gasteiger partial charge on any atom is 0.248 e. The van der Waals surface area contributed by atoms with E-state index < -0.39 is 0 Å². The second-order valence-electron chi connectivity index (χ2n) is 2.22. The molecule has 1 aromatic carbocycles. The van der Waals surface area contributed by atoms with Gasteiger partial charge in [-0.1, -0.05) is 0 Å². The average molecular weight is 163 g/mol. The quantitative estimate of drug-likeness (QED) is 0.543. The van der Waals surface area contributed by atoms with Crippen molar-refractivity contribution >= 4 is 0 Å². The maximum atomic E-state index is 8.92. The van der Waals surface area contributed by atoms with Crippen molar-refractivity contribution in [3.63, 3.8) is 0 Å². The van der Waals surface area contributed by atoms with Gasteiger partial charge in [0, 0.05) is 0 Å². The summed E-state index contributed by atoms with van der Waals surface area (Å²) in [6.07, 6.45) is 0. The number of hydrogen-bond donors (Lipinski definition) is 1. The third-order valence-electron chi connectivity index (χ3n) is 1.31. The molecule has 0 aromatic heterocycles. The van der Waals surface area contributed by atoms with E-state index in [1.165, 1.54) is 0 Å². The second-order valence-corrected chi connectivity index (χ2v) is 2.22. The Labute approximate surface area is 71.0 Å². The topological polar surface area (TPSA) is 33.8 Å². The van der Waals surface area contributed by atoms with E-state index in [1.807, 2.05) is 0 Å². The summed E-state index contributed by atoms with van der Waals surface area (Å²) in [6, 6.07) is 6.43. The molecule has 0 amide bonds. The van der Waals surface area contributed by atoms with Gasteiger partial charge in [-0.3, -0.25) is 0 Å². The van der Waals surface area contributed by atoms with Gasteiger partial charge < -0.3 is 14.7 Å². The van der Waals surface area contributed by atoms with Crippen LogP contribution in [0, 0.1) is 6.57 Å². The molecule has 0 bridgehead atoms. The third kappa shape index (κ3) is 2.51. The number of aromatic hydroxyl groups is 1. The molecular formula is C9H9NO2. The van der Waals surface area contributed by atoms with Crippen molar-refractivity contribution in [3.8, 4) is 11.5 Å². The lowest BCUT2D eigenvalue weighted by molar-refractivity contribution is 0.335. The van der Waals surface area contributed by atoms with Crippen LogP contribution in [-0.4, -0.2) is 18.3 Å². The highest BCUT2D eigenvalue weighted by Crippen LogP contribution is 2.15. The van der Waals surface area contributed by atoms with Crippen LogP contribution in [0.25, 0.3) is 4.85 Å². The van der Waals surface area contributed by atoms with E-state index in [-0.39, 0.29) is 5.75 Å². The molecule has 0 spiro atoms. The summed E-state index contributed by atoms with van der Waals surface area (Å²) in [5, 5.41) is 8.92. The standard InChI is InChI=1S/C9H9NO2/c1-10-6-7-12-9-4-2-8(11)3-5-9/h2-5,11H,6-7H2. The van der Waals surface area contributed by atoms with Gasteiger partial charge in [0.1, 0.15) is 11.5 Å². The lowest BCUT2D eigenvalue weighted by atomic mass is 10.3. The Morgan fingerprint density at radius 2 is 2.00 bits per heavy atom. The first-order valence-corrected chi connectivity index (χ1v) is 3.58. The molecule has 0 aliphatic carbocycles. The fourth-order valence-electron chi connectivity index (χ4n) is 0.752. The van der Waals surface area contributed by atoms with E-state index in [1.54, 1.807) is 24.3 Å². The highest BCUT2D eigenvalue weighted by Gasteiger charge is 1.93. The van der Waals surface area contributed by atoms with E-state index in [0.29, 0.717) is 18.9 Å². The first kappa shape index (κ1) is 8.41. The molecule has 0 fully saturated rings. The Bertz CT molecular complexity index is 274. The van der Waals surface area contributed by atoms with E-state index in [4.69, 9.17) is 16.4 Å². The molecule has 1 rings (SSSR count). The van der Waals surface area contributed by atoms with Gasteiger partial charge >= 0.3 is 0 Å². The minimum absolute atomic E-state index is 0.215. The molecule has 0 unspecified atom stereocenters. The summed E-state index contributed by atoms with van der Waals surface area (Å²) in [7, 11) is 0. The van der Waals surface area contributed by atoms with E-state index in [9.17, 15) is 0 Å². The van der Waals surface area contributed by atoms with Gasteiger partial charge in [-0.25, -0.2) is 6.57 Å². The Morgan fingerprint density at radius 3 is 2.58 bits per heavy atom. The molecule has 62 valence electrons. The van der Waals surface area contributed by atoms with Crippen molar-refractivity contribution in [1.82, 2.24) is 0 Å². The zero-order chi connectivity index (χ0) is 8.81. The summed E-state index contributed by atoms with van der Waals surface area (Å²) < 4.78 is 5.18. The predicted octanol–water partition coefficient (Wildman–Crippen LogP) is 1.69. The molecule has 0 saturated carbocycles. The SMILES string of the molecule is [C-]#[N+]CCOc1ccc(O)cc1. The Balaban J connectivity index is 2.43. The van der Waals surface area contributed by atoms with Crippen molar-refractivity contribution in [1.29, 1.82) is 0 Å². The molecule has 0 heterocycles. The highest BCUT2D eigenvalue weighted by molar-refractivity contribution is 5.29. The van der Waals surface area contributed by atoms with Crippen LogP contribution in [0.1, 0.15) is 0 Å². The first-order valence-electron chi connectivity index (χ1n) is 3.58. The van der Waals surface area contributed by atoms with Gasteiger partial charge in [0.15, 0.2) is 6.61 Å². The Morgan fingerprint density at radius 1 is 1.33 bits per heavy atom. The zero-order valence-electron chi connectivity index (χ0n) is 6.53. The minimum atomic E-state index is 0.215. The van der Waals surface area contributed by atoms with Crippen LogP contribution in [0.5, 0.6) is 11.5 Å². The summed E-state index contributed by atoms with van der Waals surface area (Å²) in [4.78, 5) is 3.14. The van der Waals surface area contributed by atoms with Crippen LogP contribution in [0.2, 0.25) is 0 Å². The molecule has 3 nitrogen and oxygen atoms in total. The number of hydrogen-bond acceptors (Lipinski definition) is 2. The first-order chi connectivity index (χ1) is 5.83. The van der Waals surface area contributed by atoms with Crippen LogP contribution in [-0.2, 0) is 0 Å². The monoisotopic (exact) mass is 163 g/mol. The lowest BCUT2D eigenvalue weighted by Gasteiger charge is -2.00. The van der Waals surface area contributed by atoms with Crippen LogP contribution >= 0.6 is 0 Å². The maximum absolute atomic E-state index is 8.92. The zero-order valence-corrected chi connectivity index (χ0v) is 6.53. The second kappa shape index (κ2) is 4.24. The van der Waals surface area contributed by atoms with Crippen LogP contribution in [0.15, 0.2) is 24.3 Å². The van der Waals surface area contributed by atoms with Crippen molar-refractivity contribution in [2.45, 2.75) is 0 Å². The van der Waals surface area contributed by atoms with Crippen LogP contribution < -0.4 is 4.74 Å². The molecular weight excluding hydrogens is 154 g/mol. The van der Waals surface area contributed by atoms with Crippen LogP contribution in [0.4, 0.5) is 0 Å². The van der Waals surface area contributed by atoms with E-state index in [0.717, 1.165) is 0 Å². The van der Waals surface area contributed by atoms with Gasteiger partial charge in [0.05, 0.1) is 0 Å². The largest absolute Gasteiger partial charge is 0.508 e. The molecule has 0 aliphatic heterocycles. The van der Waals surface area contributed by atoms with Gasteiger partial charge in [0.2, 0.25) is 6.54 Å². The smallest absolute Gasteiger partial charge is 0.248 e. The summed E-state index contributed by atoms with van der Waals surface area (Å²) in [5.74, 6) is 0.893. The highest BCUT2D eigenvalue weighted by atomic mass is 16.5. The summed E-state index contributed by atoms with van der Waals surface area (Å²) in [6.45, 7) is 7.27. The minimum Gasteiger partial charge on any atom is -0.508 e. The number of nitrogens with zero attached hydrogens (tertiary/aromatic N) is 1.